The molecule has 0 unspecified atom stereocenters. The summed E-state index contributed by atoms with van der Waals surface area (Å²) in [6.07, 6.45) is 1.04. The number of anilines is 1. The molecule has 7 heteroatoms. The lowest BCUT2D eigenvalue weighted by molar-refractivity contribution is 0.0636. The minimum absolute atomic E-state index is 0.376. The summed E-state index contributed by atoms with van der Waals surface area (Å²) in [6.45, 7) is 6.94. The van der Waals surface area contributed by atoms with E-state index in [1.165, 1.54) is 12.1 Å². The number of fused-ring (bicyclic) bond motifs is 1. The lowest BCUT2D eigenvalue weighted by atomic mass is 10.1. The Kier molecular flexibility index (Phi) is 4.28. The van der Waals surface area contributed by atoms with E-state index >= 15 is 0 Å². The van der Waals surface area contributed by atoms with Crippen LogP contribution in [0.4, 0.5) is 14.9 Å². The number of hydrogen-bond donors (Lipinski definition) is 1. The van der Waals surface area contributed by atoms with Gasteiger partial charge >= 0.3 is 6.09 Å². The highest BCUT2D eigenvalue weighted by Gasteiger charge is 2.20. The summed E-state index contributed by atoms with van der Waals surface area (Å²) < 4.78 is 26.8. The maximum atomic E-state index is 14.3. The molecule has 0 spiro atoms. The first-order valence-corrected chi connectivity index (χ1v) is 7.75. The Bertz CT molecular complexity index is 765. The fraction of sp³-hybridized carbons (Fsp3) is 0.412. The fourth-order valence-electron chi connectivity index (χ4n) is 2.53. The highest BCUT2D eigenvalue weighted by atomic mass is 19.1. The van der Waals surface area contributed by atoms with Crippen LogP contribution < -0.4 is 5.32 Å². The van der Waals surface area contributed by atoms with Crippen LogP contribution in [0.3, 0.4) is 0 Å². The van der Waals surface area contributed by atoms with Gasteiger partial charge in [-0.3, -0.25) is 5.32 Å². The van der Waals surface area contributed by atoms with Crippen LogP contribution >= 0.6 is 0 Å². The zero-order valence-electron chi connectivity index (χ0n) is 13.9. The van der Waals surface area contributed by atoms with Crippen LogP contribution in [0.2, 0.25) is 0 Å². The summed E-state index contributed by atoms with van der Waals surface area (Å²) in [4.78, 5) is 16.2. The summed E-state index contributed by atoms with van der Waals surface area (Å²) in [7, 11) is 0. The van der Waals surface area contributed by atoms with Crippen molar-refractivity contribution in [2.45, 2.75) is 39.5 Å². The third-order valence-electron chi connectivity index (χ3n) is 3.52. The molecular weight excluding hydrogens is 313 g/mol. The Morgan fingerprint density at radius 3 is 2.96 bits per heavy atom. The van der Waals surface area contributed by atoms with Crippen molar-refractivity contribution in [2.24, 2.45) is 0 Å². The summed E-state index contributed by atoms with van der Waals surface area (Å²) in [5.74, 6) is 0.389. The molecule has 128 valence electrons. The molecule has 0 bridgehead atoms. The number of carbonyl (C=O) groups is 1. The van der Waals surface area contributed by atoms with E-state index in [4.69, 9.17) is 9.47 Å². The molecule has 1 aromatic carbocycles. The summed E-state index contributed by atoms with van der Waals surface area (Å²) >= 11 is 0. The van der Waals surface area contributed by atoms with Gasteiger partial charge in [0.25, 0.3) is 0 Å². The number of rotatable bonds is 2. The van der Waals surface area contributed by atoms with Crippen molar-refractivity contribution in [3.63, 3.8) is 0 Å². The van der Waals surface area contributed by atoms with E-state index in [0.717, 1.165) is 5.82 Å². The third-order valence-corrected chi connectivity index (χ3v) is 3.52. The molecule has 1 aromatic heterocycles. The van der Waals surface area contributed by atoms with Gasteiger partial charge in [0.1, 0.15) is 23.8 Å². The molecule has 0 atom stereocenters. The van der Waals surface area contributed by atoms with E-state index in [0.29, 0.717) is 36.7 Å². The molecule has 2 heterocycles. The molecule has 0 aliphatic carbocycles. The Labute approximate surface area is 139 Å². The molecule has 0 fully saturated rings. The molecule has 1 amide bonds. The minimum atomic E-state index is -0.600. The van der Waals surface area contributed by atoms with Gasteiger partial charge in [0.15, 0.2) is 0 Å². The summed E-state index contributed by atoms with van der Waals surface area (Å²) in [5.41, 5.74) is 0.906. The first-order valence-electron chi connectivity index (χ1n) is 7.75. The molecule has 1 N–H and O–H groups in total. The van der Waals surface area contributed by atoms with Gasteiger partial charge in [-0.05, 0) is 39.0 Å². The Balaban J connectivity index is 1.87. The number of aromatic nitrogens is 2. The number of nitrogens with zero attached hydrogens (tertiary/aromatic N) is 2. The number of imidazole rings is 1. The van der Waals surface area contributed by atoms with Gasteiger partial charge in [-0.25, -0.2) is 14.2 Å². The van der Waals surface area contributed by atoms with Gasteiger partial charge < -0.3 is 14.0 Å². The molecule has 0 saturated carbocycles. The molecule has 1 aliphatic heterocycles. The number of carbonyl (C=O) groups excluding carboxylic acids is 1. The van der Waals surface area contributed by atoms with Crippen LogP contribution in [0.1, 0.15) is 26.6 Å². The number of halogens is 1. The highest BCUT2D eigenvalue weighted by molar-refractivity contribution is 5.86. The number of benzene rings is 1. The third kappa shape index (κ3) is 3.56. The first-order chi connectivity index (χ1) is 11.3. The normalized spacial score (nSPS) is 14.2. The lowest BCUT2D eigenvalue weighted by Gasteiger charge is -2.20. The van der Waals surface area contributed by atoms with Crippen LogP contribution in [0.25, 0.3) is 11.3 Å². The number of hydrogen-bond acceptors (Lipinski definition) is 4. The largest absolute Gasteiger partial charge is 0.444 e. The van der Waals surface area contributed by atoms with Gasteiger partial charge in [-0.2, -0.15) is 0 Å². The molecule has 2 aromatic rings. The predicted octanol–water partition coefficient (Wildman–Crippen LogP) is 3.57. The van der Waals surface area contributed by atoms with E-state index < -0.39 is 11.7 Å². The SMILES string of the molecule is CC(C)(C)OC(=O)Nc1ccc(F)c(-c2cnc3n2CCOC3)c1. The molecule has 0 radical (unpaired) electrons. The van der Waals surface area contributed by atoms with Crippen molar-refractivity contribution >= 4 is 11.8 Å². The monoisotopic (exact) mass is 333 g/mol. The van der Waals surface area contributed by atoms with Crippen molar-refractivity contribution in [1.29, 1.82) is 0 Å². The van der Waals surface area contributed by atoms with Crippen LogP contribution in [-0.4, -0.2) is 27.9 Å². The smallest absolute Gasteiger partial charge is 0.412 e. The molecule has 1 aliphatic rings. The van der Waals surface area contributed by atoms with Crippen molar-refractivity contribution in [1.82, 2.24) is 9.55 Å². The molecule has 0 saturated heterocycles. The molecule has 3 rings (SSSR count). The van der Waals surface area contributed by atoms with E-state index in [9.17, 15) is 9.18 Å². The van der Waals surface area contributed by atoms with Gasteiger partial charge in [0.2, 0.25) is 0 Å². The topological polar surface area (TPSA) is 65.4 Å². The highest BCUT2D eigenvalue weighted by Crippen LogP contribution is 2.28. The zero-order chi connectivity index (χ0) is 17.3. The van der Waals surface area contributed by atoms with Crippen molar-refractivity contribution in [3.05, 3.63) is 36.0 Å². The fourth-order valence-corrected chi connectivity index (χ4v) is 2.53. The Morgan fingerprint density at radius 2 is 2.21 bits per heavy atom. The average molecular weight is 333 g/mol. The standard InChI is InChI=1S/C17H20FN3O3/c1-17(2,3)24-16(22)20-11-4-5-13(18)12(8-11)14-9-19-15-10-23-7-6-21(14)15/h4-5,8-9H,6-7,10H2,1-3H3,(H,20,22). The van der Waals surface area contributed by atoms with Gasteiger partial charge in [0, 0.05) is 17.8 Å². The Hall–Kier alpha value is -2.41. The second kappa shape index (κ2) is 6.24. The summed E-state index contributed by atoms with van der Waals surface area (Å²) in [6, 6.07) is 4.40. The van der Waals surface area contributed by atoms with Crippen molar-refractivity contribution in [3.8, 4) is 11.3 Å². The van der Waals surface area contributed by atoms with Gasteiger partial charge in [-0.1, -0.05) is 0 Å². The van der Waals surface area contributed by atoms with Crippen LogP contribution in [-0.2, 0) is 22.6 Å². The van der Waals surface area contributed by atoms with Crippen LogP contribution in [0.5, 0.6) is 0 Å². The second-order valence-electron chi connectivity index (χ2n) is 6.59. The molecule has 24 heavy (non-hydrogen) atoms. The average Bonchev–Trinajstić information content (AvgIpc) is 2.91. The number of ether oxygens (including phenoxy) is 2. The quantitative estimate of drug-likeness (QED) is 0.912. The second-order valence-corrected chi connectivity index (χ2v) is 6.59. The molecule has 6 nitrogen and oxygen atoms in total. The van der Waals surface area contributed by atoms with E-state index in [1.54, 1.807) is 33.0 Å². The molecular formula is C17H20FN3O3. The summed E-state index contributed by atoms with van der Waals surface area (Å²) in [5, 5.41) is 2.63. The first kappa shape index (κ1) is 16.4. The van der Waals surface area contributed by atoms with E-state index in [1.807, 2.05) is 4.57 Å². The maximum absolute atomic E-state index is 14.3. The van der Waals surface area contributed by atoms with Gasteiger partial charge in [0.05, 0.1) is 18.5 Å². The minimum Gasteiger partial charge on any atom is -0.444 e. The van der Waals surface area contributed by atoms with Crippen molar-refractivity contribution < 1.29 is 18.7 Å². The van der Waals surface area contributed by atoms with E-state index in [2.05, 4.69) is 10.3 Å². The number of amides is 1. The zero-order valence-corrected chi connectivity index (χ0v) is 13.9. The van der Waals surface area contributed by atoms with Crippen LogP contribution in [0.15, 0.2) is 24.4 Å². The predicted molar refractivity (Wildman–Crippen MR) is 87.1 cm³/mol. The van der Waals surface area contributed by atoms with E-state index in [-0.39, 0.29) is 5.82 Å². The number of nitrogens with one attached hydrogen (secondary N) is 1. The maximum Gasteiger partial charge on any atom is 0.412 e. The van der Waals surface area contributed by atoms with Gasteiger partial charge in [-0.15, -0.1) is 0 Å². The van der Waals surface area contributed by atoms with Crippen LogP contribution in [0, 0.1) is 5.82 Å². The lowest BCUT2D eigenvalue weighted by Crippen LogP contribution is -2.27. The van der Waals surface area contributed by atoms with Crippen molar-refractivity contribution in [2.75, 3.05) is 11.9 Å². The Morgan fingerprint density at radius 1 is 1.42 bits per heavy atom.